The number of hydrogen-bond donors (Lipinski definition) is 1. The van der Waals surface area contributed by atoms with Crippen molar-refractivity contribution in [2.75, 3.05) is 13.1 Å². The molecule has 2 N–H and O–H groups in total. The van der Waals surface area contributed by atoms with E-state index in [0.717, 1.165) is 45.2 Å². The third kappa shape index (κ3) is 3.49. The molecular formula is C12H24N2O. The molecule has 0 spiro atoms. The normalized spacial score (nSPS) is 25.5. The van der Waals surface area contributed by atoms with Crippen molar-refractivity contribution in [3.8, 4) is 0 Å². The fourth-order valence-corrected chi connectivity index (χ4v) is 2.27. The van der Waals surface area contributed by atoms with Crippen LogP contribution in [0.4, 0.5) is 0 Å². The van der Waals surface area contributed by atoms with Gasteiger partial charge in [-0.25, -0.2) is 0 Å². The van der Waals surface area contributed by atoms with Crippen LogP contribution in [0.15, 0.2) is 0 Å². The first-order chi connectivity index (χ1) is 7.19. The SMILES string of the molecule is CCCCN(CC)C(=O)C1CCC(N)C1. The van der Waals surface area contributed by atoms with E-state index in [-0.39, 0.29) is 12.0 Å². The van der Waals surface area contributed by atoms with Crippen molar-refractivity contribution in [3.05, 3.63) is 0 Å². The summed E-state index contributed by atoms with van der Waals surface area (Å²) in [6.07, 6.45) is 5.15. The Labute approximate surface area is 93.0 Å². The molecule has 15 heavy (non-hydrogen) atoms. The molecule has 0 bridgehead atoms. The Morgan fingerprint density at radius 1 is 1.40 bits per heavy atom. The Bertz CT molecular complexity index is 206. The van der Waals surface area contributed by atoms with Crippen LogP contribution < -0.4 is 5.73 Å². The van der Waals surface area contributed by atoms with Gasteiger partial charge in [-0.3, -0.25) is 4.79 Å². The predicted octanol–water partition coefficient (Wildman–Crippen LogP) is 1.76. The summed E-state index contributed by atoms with van der Waals surface area (Å²) in [5.41, 5.74) is 5.83. The summed E-state index contributed by atoms with van der Waals surface area (Å²) in [6.45, 7) is 5.97. The fourth-order valence-electron chi connectivity index (χ4n) is 2.27. The van der Waals surface area contributed by atoms with Gasteiger partial charge in [0.2, 0.25) is 5.91 Å². The number of carbonyl (C=O) groups is 1. The van der Waals surface area contributed by atoms with Crippen molar-refractivity contribution in [2.45, 2.75) is 52.0 Å². The van der Waals surface area contributed by atoms with Gasteiger partial charge in [-0.2, -0.15) is 0 Å². The van der Waals surface area contributed by atoms with Gasteiger partial charge < -0.3 is 10.6 Å². The highest BCUT2D eigenvalue weighted by atomic mass is 16.2. The van der Waals surface area contributed by atoms with Crippen LogP contribution in [-0.4, -0.2) is 29.9 Å². The number of nitrogens with zero attached hydrogens (tertiary/aromatic N) is 1. The number of rotatable bonds is 5. The lowest BCUT2D eigenvalue weighted by Gasteiger charge is -2.24. The summed E-state index contributed by atoms with van der Waals surface area (Å²) in [6, 6.07) is 0.254. The Morgan fingerprint density at radius 3 is 2.60 bits per heavy atom. The molecule has 88 valence electrons. The molecule has 0 heterocycles. The first-order valence-corrected chi connectivity index (χ1v) is 6.23. The van der Waals surface area contributed by atoms with Crippen molar-refractivity contribution in [2.24, 2.45) is 11.7 Å². The zero-order valence-electron chi connectivity index (χ0n) is 10.0. The minimum absolute atomic E-state index is 0.205. The highest BCUT2D eigenvalue weighted by Crippen LogP contribution is 2.26. The molecular weight excluding hydrogens is 188 g/mol. The van der Waals surface area contributed by atoms with Crippen LogP contribution in [0.25, 0.3) is 0 Å². The maximum Gasteiger partial charge on any atom is 0.225 e. The number of unbranched alkanes of at least 4 members (excludes halogenated alkanes) is 1. The summed E-state index contributed by atoms with van der Waals surface area (Å²) < 4.78 is 0. The van der Waals surface area contributed by atoms with E-state index in [4.69, 9.17) is 5.73 Å². The van der Waals surface area contributed by atoms with E-state index in [1.54, 1.807) is 0 Å². The monoisotopic (exact) mass is 212 g/mol. The van der Waals surface area contributed by atoms with E-state index < -0.39 is 0 Å². The van der Waals surface area contributed by atoms with Crippen molar-refractivity contribution < 1.29 is 4.79 Å². The first-order valence-electron chi connectivity index (χ1n) is 6.23. The highest BCUT2D eigenvalue weighted by Gasteiger charge is 2.30. The molecule has 1 fully saturated rings. The average Bonchev–Trinajstić information content (AvgIpc) is 2.65. The molecule has 1 aliphatic carbocycles. The average molecular weight is 212 g/mol. The van der Waals surface area contributed by atoms with Gasteiger partial charge in [0, 0.05) is 25.0 Å². The summed E-state index contributed by atoms with van der Waals surface area (Å²) in [4.78, 5) is 14.1. The van der Waals surface area contributed by atoms with Gasteiger partial charge in [-0.1, -0.05) is 13.3 Å². The van der Waals surface area contributed by atoms with Crippen molar-refractivity contribution in [1.29, 1.82) is 0 Å². The van der Waals surface area contributed by atoms with Crippen LogP contribution in [0.5, 0.6) is 0 Å². The molecule has 1 rings (SSSR count). The van der Waals surface area contributed by atoms with Crippen LogP contribution in [0.3, 0.4) is 0 Å². The molecule has 2 atom stereocenters. The van der Waals surface area contributed by atoms with E-state index in [1.165, 1.54) is 0 Å². The third-order valence-corrected chi connectivity index (χ3v) is 3.30. The van der Waals surface area contributed by atoms with Gasteiger partial charge >= 0.3 is 0 Å². The lowest BCUT2D eigenvalue weighted by Crippen LogP contribution is -2.36. The van der Waals surface area contributed by atoms with E-state index in [1.807, 2.05) is 4.90 Å². The number of carbonyl (C=O) groups excluding carboxylic acids is 1. The van der Waals surface area contributed by atoms with Crippen LogP contribution in [0.1, 0.15) is 46.0 Å². The summed E-state index contributed by atoms with van der Waals surface area (Å²) in [7, 11) is 0. The molecule has 3 nitrogen and oxygen atoms in total. The molecule has 2 unspecified atom stereocenters. The maximum absolute atomic E-state index is 12.1. The van der Waals surface area contributed by atoms with Gasteiger partial charge in [0.1, 0.15) is 0 Å². The van der Waals surface area contributed by atoms with Gasteiger partial charge in [0.05, 0.1) is 0 Å². The van der Waals surface area contributed by atoms with Gasteiger partial charge in [-0.15, -0.1) is 0 Å². The predicted molar refractivity (Wildman–Crippen MR) is 62.5 cm³/mol. The highest BCUT2D eigenvalue weighted by molar-refractivity contribution is 5.79. The van der Waals surface area contributed by atoms with Crippen LogP contribution >= 0.6 is 0 Å². The van der Waals surface area contributed by atoms with Crippen LogP contribution in [0.2, 0.25) is 0 Å². The molecule has 0 aliphatic heterocycles. The Morgan fingerprint density at radius 2 is 2.13 bits per heavy atom. The van der Waals surface area contributed by atoms with Gasteiger partial charge in [0.15, 0.2) is 0 Å². The zero-order chi connectivity index (χ0) is 11.3. The van der Waals surface area contributed by atoms with E-state index in [0.29, 0.717) is 5.91 Å². The fraction of sp³-hybridized carbons (Fsp3) is 0.917. The smallest absolute Gasteiger partial charge is 0.225 e. The quantitative estimate of drug-likeness (QED) is 0.755. The molecule has 0 saturated heterocycles. The maximum atomic E-state index is 12.1. The lowest BCUT2D eigenvalue weighted by atomic mass is 10.1. The first kappa shape index (κ1) is 12.5. The summed E-state index contributed by atoms with van der Waals surface area (Å²) in [5.74, 6) is 0.538. The minimum atomic E-state index is 0.205. The topological polar surface area (TPSA) is 46.3 Å². The second-order valence-electron chi connectivity index (χ2n) is 4.54. The molecule has 1 saturated carbocycles. The lowest BCUT2D eigenvalue weighted by molar-refractivity contribution is -0.135. The zero-order valence-corrected chi connectivity index (χ0v) is 10.0. The molecule has 3 heteroatoms. The Kier molecular flexibility index (Phi) is 5.09. The molecule has 1 aliphatic rings. The number of amides is 1. The minimum Gasteiger partial charge on any atom is -0.343 e. The molecule has 0 radical (unpaired) electrons. The van der Waals surface area contributed by atoms with Crippen LogP contribution in [0, 0.1) is 5.92 Å². The Balaban J connectivity index is 2.42. The standard InChI is InChI=1S/C12H24N2O/c1-3-5-8-14(4-2)12(15)10-6-7-11(13)9-10/h10-11H,3-9,13H2,1-2H3. The van der Waals surface area contributed by atoms with Gasteiger partial charge in [0.25, 0.3) is 0 Å². The number of nitrogens with two attached hydrogens (primary N) is 1. The largest absolute Gasteiger partial charge is 0.343 e. The second kappa shape index (κ2) is 6.11. The number of hydrogen-bond acceptors (Lipinski definition) is 2. The molecule has 0 aromatic rings. The van der Waals surface area contributed by atoms with E-state index >= 15 is 0 Å². The molecule has 1 amide bonds. The van der Waals surface area contributed by atoms with Crippen molar-refractivity contribution >= 4 is 5.91 Å². The van der Waals surface area contributed by atoms with E-state index in [2.05, 4.69) is 13.8 Å². The molecule has 0 aromatic heterocycles. The van der Waals surface area contributed by atoms with Gasteiger partial charge in [-0.05, 0) is 32.6 Å². The third-order valence-electron chi connectivity index (χ3n) is 3.30. The summed E-state index contributed by atoms with van der Waals surface area (Å²) >= 11 is 0. The van der Waals surface area contributed by atoms with Crippen LogP contribution in [-0.2, 0) is 4.79 Å². The van der Waals surface area contributed by atoms with E-state index in [9.17, 15) is 4.79 Å². The van der Waals surface area contributed by atoms with Crippen molar-refractivity contribution in [1.82, 2.24) is 4.90 Å². The second-order valence-corrected chi connectivity index (χ2v) is 4.54. The molecule has 0 aromatic carbocycles. The summed E-state index contributed by atoms with van der Waals surface area (Å²) in [5, 5.41) is 0. The Hall–Kier alpha value is -0.570. The van der Waals surface area contributed by atoms with Crippen molar-refractivity contribution in [3.63, 3.8) is 0 Å².